The van der Waals surface area contributed by atoms with Gasteiger partial charge in [-0.3, -0.25) is 4.79 Å². The number of nitrogens with one attached hydrogen (secondary N) is 1. The highest BCUT2D eigenvalue weighted by atomic mass is 16.3. The monoisotopic (exact) mass is 280 g/mol. The van der Waals surface area contributed by atoms with E-state index in [1.807, 2.05) is 49.4 Å². The Kier molecular flexibility index (Phi) is 3.54. The van der Waals surface area contributed by atoms with E-state index in [1.165, 1.54) is 0 Å². The van der Waals surface area contributed by atoms with E-state index in [0.717, 1.165) is 16.7 Å². The van der Waals surface area contributed by atoms with Crippen LogP contribution in [0.1, 0.15) is 22.5 Å². The van der Waals surface area contributed by atoms with Crippen LogP contribution >= 0.6 is 0 Å². The Bertz CT molecular complexity index is 836. The predicted octanol–water partition coefficient (Wildman–Crippen LogP) is 2.31. The van der Waals surface area contributed by atoms with Crippen LogP contribution in [0.25, 0.3) is 10.9 Å². The van der Waals surface area contributed by atoms with Gasteiger partial charge >= 0.3 is 0 Å². The maximum Gasteiger partial charge on any atom is 0.258 e. The maximum atomic E-state index is 12.1. The first-order valence-corrected chi connectivity index (χ1v) is 6.84. The van der Waals surface area contributed by atoms with Crippen molar-refractivity contribution in [2.24, 2.45) is 0 Å². The molecule has 0 unspecified atom stereocenters. The van der Waals surface area contributed by atoms with E-state index in [9.17, 15) is 4.79 Å². The Morgan fingerprint density at radius 2 is 1.81 bits per heavy atom. The fraction of sp³-hybridized carbons (Fsp3) is 0.176. The van der Waals surface area contributed by atoms with Gasteiger partial charge in [0.05, 0.1) is 17.5 Å². The Balaban J connectivity index is 1.97. The zero-order chi connectivity index (χ0) is 14.8. The minimum absolute atomic E-state index is 0.0324. The van der Waals surface area contributed by atoms with Crippen LogP contribution in [0.3, 0.4) is 0 Å². The molecule has 0 saturated heterocycles. The summed E-state index contributed by atoms with van der Waals surface area (Å²) in [6.07, 6.45) is 0.560. The topological polar surface area (TPSA) is 66.0 Å². The van der Waals surface area contributed by atoms with E-state index in [1.54, 1.807) is 0 Å². The number of hydrogen-bond donors (Lipinski definition) is 2. The van der Waals surface area contributed by atoms with Crippen molar-refractivity contribution in [3.63, 3.8) is 0 Å². The van der Waals surface area contributed by atoms with Crippen molar-refractivity contribution in [1.82, 2.24) is 9.97 Å². The summed E-state index contributed by atoms with van der Waals surface area (Å²) in [6, 6.07) is 13.3. The fourth-order valence-corrected chi connectivity index (χ4v) is 2.34. The van der Waals surface area contributed by atoms with Crippen molar-refractivity contribution in [2.75, 3.05) is 0 Å². The molecule has 106 valence electrons. The fourth-order valence-electron chi connectivity index (χ4n) is 2.34. The van der Waals surface area contributed by atoms with Crippen LogP contribution in [0.4, 0.5) is 0 Å². The smallest absolute Gasteiger partial charge is 0.258 e. The van der Waals surface area contributed by atoms with Crippen LogP contribution in [0.2, 0.25) is 0 Å². The van der Waals surface area contributed by atoms with Gasteiger partial charge in [0.15, 0.2) is 0 Å². The summed E-state index contributed by atoms with van der Waals surface area (Å²) in [4.78, 5) is 19.5. The average Bonchev–Trinajstić information content (AvgIpc) is 2.49. The Morgan fingerprint density at radius 1 is 1.10 bits per heavy atom. The van der Waals surface area contributed by atoms with Crippen molar-refractivity contribution in [3.8, 4) is 0 Å². The van der Waals surface area contributed by atoms with Gasteiger partial charge < -0.3 is 10.1 Å². The minimum atomic E-state index is -0.106. The molecule has 1 aromatic heterocycles. The van der Waals surface area contributed by atoms with E-state index in [0.29, 0.717) is 23.1 Å². The Hall–Kier alpha value is -2.46. The Labute approximate surface area is 122 Å². The third kappa shape index (κ3) is 2.85. The predicted molar refractivity (Wildman–Crippen MR) is 82.3 cm³/mol. The number of aliphatic hydroxyl groups is 1. The number of aromatic nitrogens is 2. The second-order valence-corrected chi connectivity index (χ2v) is 5.18. The molecule has 4 nitrogen and oxygen atoms in total. The van der Waals surface area contributed by atoms with Crippen molar-refractivity contribution >= 4 is 10.9 Å². The molecule has 1 heterocycles. The number of aryl methyl sites for hydroxylation is 1. The molecular formula is C17H16N2O2. The molecule has 2 N–H and O–H groups in total. The molecule has 0 saturated carbocycles. The zero-order valence-electron chi connectivity index (χ0n) is 11.8. The van der Waals surface area contributed by atoms with E-state index in [2.05, 4.69) is 9.97 Å². The first-order valence-electron chi connectivity index (χ1n) is 6.84. The summed E-state index contributed by atoms with van der Waals surface area (Å²) in [6.45, 7) is 1.99. The molecule has 0 spiro atoms. The van der Waals surface area contributed by atoms with Gasteiger partial charge in [-0.15, -0.1) is 0 Å². The van der Waals surface area contributed by atoms with Gasteiger partial charge in [-0.1, -0.05) is 35.9 Å². The van der Waals surface area contributed by atoms with Gasteiger partial charge in [0.25, 0.3) is 5.56 Å². The number of rotatable bonds is 3. The van der Waals surface area contributed by atoms with Crippen LogP contribution < -0.4 is 5.56 Å². The molecule has 4 heteroatoms. The van der Waals surface area contributed by atoms with E-state index >= 15 is 0 Å². The molecule has 0 amide bonds. The maximum absolute atomic E-state index is 12.1. The summed E-state index contributed by atoms with van der Waals surface area (Å²) in [5.74, 6) is 0.646. The first kappa shape index (κ1) is 13.5. The largest absolute Gasteiger partial charge is 0.392 e. The van der Waals surface area contributed by atoms with Crippen molar-refractivity contribution < 1.29 is 5.11 Å². The third-order valence-corrected chi connectivity index (χ3v) is 3.49. The van der Waals surface area contributed by atoms with Gasteiger partial charge in [0, 0.05) is 6.42 Å². The molecule has 0 aliphatic rings. The SMILES string of the molecule is Cc1ccc2nc(Cc3ccc(CO)cc3)[nH]c(=O)c2c1. The van der Waals surface area contributed by atoms with Crippen LogP contribution in [-0.4, -0.2) is 15.1 Å². The van der Waals surface area contributed by atoms with Crippen LogP contribution in [0, 0.1) is 6.92 Å². The van der Waals surface area contributed by atoms with E-state index in [4.69, 9.17) is 5.11 Å². The molecule has 0 atom stereocenters. The summed E-state index contributed by atoms with van der Waals surface area (Å²) >= 11 is 0. The number of aromatic amines is 1. The first-order chi connectivity index (χ1) is 10.2. The molecule has 3 rings (SSSR count). The normalized spacial score (nSPS) is 11.0. The lowest BCUT2D eigenvalue weighted by molar-refractivity contribution is 0.282. The number of hydrogen-bond acceptors (Lipinski definition) is 3. The van der Waals surface area contributed by atoms with Crippen molar-refractivity contribution in [1.29, 1.82) is 0 Å². The lowest BCUT2D eigenvalue weighted by Crippen LogP contribution is -2.12. The molecule has 0 radical (unpaired) electrons. The van der Waals surface area contributed by atoms with Gasteiger partial charge in [0.1, 0.15) is 5.82 Å². The minimum Gasteiger partial charge on any atom is -0.392 e. The number of H-pyrrole nitrogens is 1. The number of benzene rings is 2. The van der Waals surface area contributed by atoms with Crippen molar-refractivity contribution in [2.45, 2.75) is 20.0 Å². The molecular weight excluding hydrogens is 264 g/mol. The quantitative estimate of drug-likeness (QED) is 0.773. The summed E-state index contributed by atoms with van der Waals surface area (Å²) in [7, 11) is 0. The van der Waals surface area contributed by atoms with Gasteiger partial charge in [-0.25, -0.2) is 4.98 Å². The highest BCUT2D eigenvalue weighted by Gasteiger charge is 2.05. The van der Waals surface area contributed by atoms with Gasteiger partial charge in [-0.05, 0) is 30.2 Å². The standard InChI is InChI=1S/C17H16N2O2/c1-11-2-7-15-14(8-11)17(21)19-16(18-15)9-12-3-5-13(10-20)6-4-12/h2-8,20H,9-10H2,1H3,(H,18,19,21). The van der Waals surface area contributed by atoms with E-state index < -0.39 is 0 Å². The highest BCUT2D eigenvalue weighted by Crippen LogP contribution is 2.12. The molecule has 0 aliphatic carbocycles. The van der Waals surface area contributed by atoms with Crippen LogP contribution in [0.5, 0.6) is 0 Å². The Morgan fingerprint density at radius 3 is 2.52 bits per heavy atom. The lowest BCUT2D eigenvalue weighted by Gasteiger charge is -2.05. The second-order valence-electron chi connectivity index (χ2n) is 5.18. The summed E-state index contributed by atoms with van der Waals surface area (Å²) < 4.78 is 0. The third-order valence-electron chi connectivity index (χ3n) is 3.49. The van der Waals surface area contributed by atoms with Gasteiger partial charge in [-0.2, -0.15) is 0 Å². The lowest BCUT2D eigenvalue weighted by atomic mass is 10.1. The molecule has 2 aromatic carbocycles. The summed E-state index contributed by atoms with van der Waals surface area (Å²) in [5, 5.41) is 9.66. The van der Waals surface area contributed by atoms with E-state index in [-0.39, 0.29) is 12.2 Å². The van der Waals surface area contributed by atoms with Crippen molar-refractivity contribution in [3.05, 3.63) is 75.3 Å². The molecule has 0 fully saturated rings. The summed E-state index contributed by atoms with van der Waals surface area (Å²) in [5.41, 5.74) is 3.56. The molecule has 0 bridgehead atoms. The molecule has 0 aliphatic heterocycles. The number of aliphatic hydroxyl groups excluding tert-OH is 1. The average molecular weight is 280 g/mol. The zero-order valence-corrected chi connectivity index (χ0v) is 11.8. The molecule has 21 heavy (non-hydrogen) atoms. The second kappa shape index (κ2) is 5.50. The number of fused-ring (bicyclic) bond motifs is 1. The van der Waals surface area contributed by atoms with Gasteiger partial charge in [0.2, 0.25) is 0 Å². The number of nitrogens with zero attached hydrogens (tertiary/aromatic N) is 1. The van der Waals surface area contributed by atoms with Crippen LogP contribution in [0.15, 0.2) is 47.3 Å². The molecule has 3 aromatic rings. The highest BCUT2D eigenvalue weighted by molar-refractivity contribution is 5.78. The van der Waals surface area contributed by atoms with Crippen LogP contribution in [-0.2, 0) is 13.0 Å².